The summed E-state index contributed by atoms with van der Waals surface area (Å²) < 4.78 is 6.83. The number of H-pyrrole nitrogens is 1. The van der Waals surface area contributed by atoms with Crippen molar-refractivity contribution in [1.82, 2.24) is 9.88 Å². The Balaban J connectivity index is 1.59. The minimum Gasteiger partial charge on any atom is -0.370 e. The van der Waals surface area contributed by atoms with Gasteiger partial charge >= 0.3 is 0 Å². The average Bonchev–Trinajstić information content (AvgIpc) is 2.68. The van der Waals surface area contributed by atoms with Crippen LogP contribution in [0.5, 0.6) is 0 Å². The molecule has 0 radical (unpaired) electrons. The largest absolute Gasteiger partial charge is 0.370 e. The molecule has 1 amide bonds. The fraction of sp³-hybridized carbons (Fsp3) is 0.200. The first-order valence-corrected chi connectivity index (χ1v) is 9.19. The van der Waals surface area contributed by atoms with Crippen molar-refractivity contribution in [3.05, 3.63) is 80.7 Å². The lowest BCUT2D eigenvalue weighted by Crippen LogP contribution is -2.42. The molecule has 0 aliphatic carbocycles. The van der Waals surface area contributed by atoms with E-state index in [-0.39, 0.29) is 17.6 Å². The number of morpholine rings is 1. The second-order valence-corrected chi connectivity index (χ2v) is 7.18. The maximum Gasteiger partial charge on any atom is 0.270 e. The number of halogens is 1. The molecular formula is C20H17BrN2O3. The Morgan fingerprint density at radius 2 is 1.92 bits per heavy atom. The molecule has 0 bridgehead atoms. The van der Waals surface area contributed by atoms with Gasteiger partial charge in [0.1, 0.15) is 11.8 Å². The Morgan fingerprint density at radius 3 is 2.73 bits per heavy atom. The number of pyridine rings is 1. The second kappa shape index (κ2) is 7.05. The topological polar surface area (TPSA) is 62.4 Å². The predicted molar refractivity (Wildman–Crippen MR) is 103 cm³/mol. The third kappa shape index (κ3) is 3.30. The van der Waals surface area contributed by atoms with E-state index in [2.05, 4.69) is 20.9 Å². The van der Waals surface area contributed by atoms with Crippen LogP contribution in [0.2, 0.25) is 0 Å². The number of nitrogens with one attached hydrogen (secondary N) is 1. The normalized spacial score (nSPS) is 17.4. The maximum atomic E-state index is 12.9. The number of nitrogens with zero attached hydrogens (tertiary/aromatic N) is 1. The summed E-state index contributed by atoms with van der Waals surface area (Å²) in [5, 5.41) is 1.34. The monoisotopic (exact) mass is 412 g/mol. The molecule has 1 aliphatic heterocycles. The molecule has 1 N–H and O–H groups in total. The molecule has 1 fully saturated rings. The number of aromatic amines is 1. The van der Waals surface area contributed by atoms with E-state index < -0.39 is 0 Å². The van der Waals surface area contributed by atoms with Crippen LogP contribution in [0.3, 0.4) is 0 Å². The zero-order valence-electron chi connectivity index (χ0n) is 13.9. The number of carbonyl (C=O) groups is 1. The van der Waals surface area contributed by atoms with Crippen LogP contribution in [0.1, 0.15) is 22.2 Å². The van der Waals surface area contributed by atoms with E-state index in [9.17, 15) is 9.59 Å². The minimum atomic E-state index is -0.246. The molecule has 1 atom stereocenters. The number of ether oxygens (including phenoxy) is 1. The van der Waals surface area contributed by atoms with Gasteiger partial charge in [0.25, 0.3) is 11.5 Å². The number of aromatic nitrogens is 1. The molecule has 1 saturated heterocycles. The van der Waals surface area contributed by atoms with Crippen molar-refractivity contribution in [2.45, 2.75) is 6.10 Å². The minimum absolute atomic E-state index is 0.173. The number of rotatable bonds is 2. The van der Waals surface area contributed by atoms with E-state index in [0.717, 1.165) is 15.4 Å². The van der Waals surface area contributed by atoms with Gasteiger partial charge in [-0.15, -0.1) is 0 Å². The van der Waals surface area contributed by atoms with Crippen LogP contribution in [-0.2, 0) is 4.74 Å². The Labute approximate surface area is 158 Å². The average molecular weight is 413 g/mol. The number of fused-ring (bicyclic) bond motifs is 1. The number of amides is 1. The van der Waals surface area contributed by atoms with Gasteiger partial charge in [0.05, 0.1) is 13.2 Å². The molecular weight excluding hydrogens is 396 g/mol. The number of benzene rings is 2. The highest BCUT2D eigenvalue weighted by molar-refractivity contribution is 9.10. The van der Waals surface area contributed by atoms with Crippen molar-refractivity contribution in [3.8, 4) is 0 Å². The molecule has 0 saturated carbocycles. The van der Waals surface area contributed by atoms with Gasteiger partial charge in [-0.1, -0.05) is 46.3 Å². The van der Waals surface area contributed by atoms with Crippen LogP contribution >= 0.6 is 15.9 Å². The lowest BCUT2D eigenvalue weighted by Gasteiger charge is -2.33. The molecule has 2 aromatic carbocycles. The molecule has 132 valence electrons. The van der Waals surface area contributed by atoms with E-state index >= 15 is 0 Å². The van der Waals surface area contributed by atoms with Gasteiger partial charge in [0.15, 0.2) is 0 Å². The van der Waals surface area contributed by atoms with Gasteiger partial charge in [-0.05, 0) is 35.2 Å². The van der Waals surface area contributed by atoms with Gasteiger partial charge in [0, 0.05) is 16.4 Å². The van der Waals surface area contributed by atoms with Gasteiger partial charge in [-0.25, -0.2) is 0 Å². The Hall–Kier alpha value is -2.44. The van der Waals surface area contributed by atoms with Crippen molar-refractivity contribution in [2.24, 2.45) is 0 Å². The maximum absolute atomic E-state index is 12.9. The molecule has 1 aromatic heterocycles. The second-order valence-electron chi connectivity index (χ2n) is 6.26. The summed E-state index contributed by atoms with van der Waals surface area (Å²) in [6.45, 7) is 1.42. The zero-order valence-corrected chi connectivity index (χ0v) is 15.5. The van der Waals surface area contributed by atoms with Crippen molar-refractivity contribution in [2.75, 3.05) is 19.7 Å². The van der Waals surface area contributed by atoms with Crippen LogP contribution in [-0.4, -0.2) is 35.5 Å². The van der Waals surface area contributed by atoms with Crippen molar-refractivity contribution < 1.29 is 9.53 Å². The van der Waals surface area contributed by atoms with Gasteiger partial charge in [0.2, 0.25) is 0 Å². The van der Waals surface area contributed by atoms with Crippen molar-refractivity contribution in [3.63, 3.8) is 0 Å². The highest BCUT2D eigenvalue weighted by Gasteiger charge is 2.26. The molecule has 0 spiro atoms. The molecule has 3 aromatic rings. The van der Waals surface area contributed by atoms with Crippen LogP contribution in [0, 0.1) is 0 Å². The van der Waals surface area contributed by atoms with Crippen LogP contribution < -0.4 is 5.56 Å². The molecule has 4 rings (SSSR count). The first-order chi connectivity index (χ1) is 12.6. The molecule has 26 heavy (non-hydrogen) atoms. The first-order valence-electron chi connectivity index (χ1n) is 8.40. The van der Waals surface area contributed by atoms with Gasteiger partial charge in [-0.2, -0.15) is 0 Å². The molecule has 5 nitrogen and oxygen atoms in total. The quantitative estimate of drug-likeness (QED) is 0.700. The standard InChI is InChI=1S/C20H17BrN2O3/c21-15-7-5-13(6-8-15)18-12-23(9-10-26-18)20(25)17-11-14-3-1-2-4-16(14)19(24)22-17/h1-8,11,18H,9-10,12H2,(H,22,24). The summed E-state index contributed by atoms with van der Waals surface area (Å²) >= 11 is 3.42. The number of carbonyl (C=O) groups excluding carboxylic acids is 1. The van der Waals surface area contributed by atoms with Crippen LogP contribution in [0.25, 0.3) is 10.8 Å². The van der Waals surface area contributed by atoms with Crippen LogP contribution in [0.4, 0.5) is 0 Å². The van der Waals surface area contributed by atoms with E-state index in [1.807, 2.05) is 42.5 Å². The van der Waals surface area contributed by atoms with Gasteiger partial charge in [-0.3, -0.25) is 9.59 Å². The summed E-state index contributed by atoms with van der Waals surface area (Å²) in [4.78, 5) is 29.6. The summed E-state index contributed by atoms with van der Waals surface area (Å²) in [6, 6.07) is 16.9. The van der Waals surface area contributed by atoms with Gasteiger partial charge < -0.3 is 14.6 Å². The van der Waals surface area contributed by atoms with E-state index in [1.165, 1.54) is 0 Å². The fourth-order valence-corrected chi connectivity index (χ4v) is 3.47. The molecule has 2 heterocycles. The molecule has 1 aliphatic rings. The fourth-order valence-electron chi connectivity index (χ4n) is 3.21. The highest BCUT2D eigenvalue weighted by Crippen LogP contribution is 2.24. The highest BCUT2D eigenvalue weighted by atomic mass is 79.9. The summed E-state index contributed by atoms with van der Waals surface area (Å²) in [7, 11) is 0. The third-order valence-corrected chi connectivity index (χ3v) is 5.11. The third-order valence-electron chi connectivity index (χ3n) is 4.58. The first kappa shape index (κ1) is 17.0. The van der Waals surface area contributed by atoms with Crippen molar-refractivity contribution in [1.29, 1.82) is 0 Å². The van der Waals surface area contributed by atoms with Crippen molar-refractivity contribution >= 4 is 32.6 Å². The van der Waals surface area contributed by atoms with E-state index in [1.54, 1.807) is 17.0 Å². The summed E-state index contributed by atoms with van der Waals surface area (Å²) in [5.74, 6) is -0.182. The molecule has 1 unspecified atom stereocenters. The Morgan fingerprint density at radius 1 is 1.15 bits per heavy atom. The predicted octanol–water partition coefficient (Wildman–Crippen LogP) is 3.50. The van der Waals surface area contributed by atoms with E-state index in [4.69, 9.17) is 4.74 Å². The lowest BCUT2D eigenvalue weighted by molar-refractivity contribution is -0.0230. The van der Waals surface area contributed by atoms with Crippen LogP contribution in [0.15, 0.2) is 63.9 Å². The summed E-state index contributed by atoms with van der Waals surface area (Å²) in [5.41, 5.74) is 1.09. The lowest BCUT2D eigenvalue weighted by atomic mass is 10.1. The Bertz CT molecular complexity index is 1010. The smallest absolute Gasteiger partial charge is 0.270 e. The van der Waals surface area contributed by atoms with E-state index in [0.29, 0.717) is 30.8 Å². The zero-order chi connectivity index (χ0) is 18.1. The Kier molecular flexibility index (Phi) is 4.61. The molecule has 6 heteroatoms. The number of hydrogen-bond acceptors (Lipinski definition) is 3. The number of hydrogen-bond donors (Lipinski definition) is 1. The summed E-state index contributed by atoms with van der Waals surface area (Å²) in [6.07, 6.45) is -0.173. The SMILES string of the molecule is O=C(c1cc2ccccc2c(=O)[nH]1)N1CCOC(c2ccc(Br)cc2)C1.